The Morgan fingerprint density at radius 1 is 1.18 bits per heavy atom. The summed E-state index contributed by atoms with van der Waals surface area (Å²) in [4.78, 5) is 11.8. The Hall–Kier alpha value is -1.31. The predicted molar refractivity (Wildman–Crippen MR) is 68.0 cm³/mol. The largest absolute Gasteiger partial charge is 0.469 e. The first-order valence-corrected chi connectivity index (χ1v) is 6.31. The summed E-state index contributed by atoms with van der Waals surface area (Å²) in [5, 5.41) is 0. The number of benzene rings is 1. The van der Waals surface area contributed by atoms with Gasteiger partial charge in [-0.05, 0) is 35.8 Å². The molecule has 1 aromatic rings. The van der Waals surface area contributed by atoms with Crippen LogP contribution in [0.2, 0.25) is 0 Å². The van der Waals surface area contributed by atoms with Crippen molar-refractivity contribution in [2.75, 3.05) is 7.11 Å². The van der Waals surface area contributed by atoms with Crippen molar-refractivity contribution in [1.82, 2.24) is 0 Å². The Morgan fingerprint density at radius 3 is 2.12 bits per heavy atom. The van der Waals surface area contributed by atoms with Crippen LogP contribution in [0.3, 0.4) is 0 Å². The van der Waals surface area contributed by atoms with Crippen molar-refractivity contribution in [2.45, 2.75) is 38.5 Å². The second-order valence-electron chi connectivity index (χ2n) is 5.16. The second-order valence-corrected chi connectivity index (χ2v) is 5.16. The number of hydrogen-bond donors (Lipinski definition) is 0. The van der Waals surface area contributed by atoms with E-state index in [1.165, 1.54) is 12.7 Å². The Labute approximate surface area is 103 Å². The van der Waals surface area contributed by atoms with Crippen LogP contribution in [0.25, 0.3) is 0 Å². The van der Waals surface area contributed by atoms with Crippen molar-refractivity contribution >= 4 is 5.97 Å². The molecule has 1 aliphatic carbocycles. The molecule has 1 aromatic carbocycles. The molecule has 1 saturated carbocycles. The molecule has 2 nitrogen and oxygen atoms in total. The molecule has 0 saturated heterocycles. The van der Waals surface area contributed by atoms with E-state index in [0.29, 0.717) is 11.8 Å². The van der Waals surface area contributed by atoms with Crippen molar-refractivity contribution < 1.29 is 9.53 Å². The molecule has 1 unspecified atom stereocenters. The average Bonchev–Trinajstić information content (AvgIpc) is 3.14. The molecular formula is C15H20O2. The molecular weight excluding hydrogens is 212 g/mol. The van der Waals surface area contributed by atoms with Gasteiger partial charge in [-0.3, -0.25) is 4.79 Å². The molecule has 0 radical (unpaired) electrons. The molecule has 0 aromatic heterocycles. The first-order chi connectivity index (χ1) is 8.13. The van der Waals surface area contributed by atoms with Gasteiger partial charge in [-0.25, -0.2) is 0 Å². The second kappa shape index (κ2) is 4.91. The lowest BCUT2D eigenvalue weighted by Gasteiger charge is -2.15. The van der Waals surface area contributed by atoms with E-state index in [0.717, 1.165) is 18.4 Å². The predicted octanol–water partition coefficient (Wildman–Crippen LogP) is 3.48. The van der Waals surface area contributed by atoms with Gasteiger partial charge in [0.25, 0.3) is 0 Å². The lowest BCUT2D eigenvalue weighted by molar-refractivity contribution is -0.143. The van der Waals surface area contributed by atoms with Gasteiger partial charge in [0.15, 0.2) is 0 Å². The normalized spacial score (nSPS) is 16.9. The molecule has 92 valence electrons. The molecule has 0 bridgehead atoms. The van der Waals surface area contributed by atoms with E-state index in [4.69, 9.17) is 4.74 Å². The minimum absolute atomic E-state index is 0.0544. The standard InChI is InChI=1S/C15H20O2/c1-10(2)11-4-6-12(7-5-11)14(13-8-9-13)15(16)17-3/h4-7,10,13-14H,8-9H2,1-3H3. The van der Waals surface area contributed by atoms with E-state index in [9.17, 15) is 4.79 Å². The number of carbonyl (C=O) groups excluding carboxylic acids is 1. The monoisotopic (exact) mass is 232 g/mol. The fraction of sp³-hybridized carbons (Fsp3) is 0.533. The van der Waals surface area contributed by atoms with Gasteiger partial charge in [-0.2, -0.15) is 0 Å². The van der Waals surface area contributed by atoms with Crippen LogP contribution in [-0.4, -0.2) is 13.1 Å². The van der Waals surface area contributed by atoms with Crippen molar-refractivity contribution in [3.05, 3.63) is 35.4 Å². The number of carbonyl (C=O) groups is 1. The number of ether oxygens (including phenoxy) is 1. The molecule has 1 fully saturated rings. The number of hydrogen-bond acceptors (Lipinski definition) is 2. The average molecular weight is 232 g/mol. The summed E-state index contributed by atoms with van der Waals surface area (Å²) in [6.07, 6.45) is 2.29. The Bertz CT molecular complexity index is 388. The van der Waals surface area contributed by atoms with Crippen molar-refractivity contribution in [2.24, 2.45) is 5.92 Å². The quantitative estimate of drug-likeness (QED) is 0.743. The summed E-state index contributed by atoms with van der Waals surface area (Å²) in [6.45, 7) is 4.35. The van der Waals surface area contributed by atoms with E-state index in [1.54, 1.807) is 0 Å². The third kappa shape index (κ3) is 2.68. The zero-order chi connectivity index (χ0) is 12.4. The van der Waals surface area contributed by atoms with Crippen molar-refractivity contribution in [1.29, 1.82) is 0 Å². The molecule has 0 spiro atoms. The lowest BCUT2D eigenvalue weighted by Crippen LogP contribution is -2.16. The summed E-state index contributed by atoms with van der Waals surface area (Å²) in [6, 6.07) is 8.40. The van der Waals surface area contributed by atoms with Gasteiger partial charge in [0.05, 0.1) is 13.0 Å². The number of methoxy groups -OCH3 is 1. The maximum absolute atomic E-state index is 11.8. The highest BCUT2D eigenvalue weighted by Crippen LogP contribution is 2.43. The highest BCUT2D eigenvalue weighted by Gasteiger charge is 2.37. The highest BCUT2D eigenvalue weighted by molar-refractivity contribution is 5.79. The Balaban J connectivity index is 2.21. The summed E-state index contributed by atoms with van der Waals surface area (Å²) in [5.41, 5.74) is 2.41. The van der Waals surface area contributed by atoms with Crippen LogP contribution in [0.5, 0.6) is 0 Å². The molecule has 2 rings (SSSR count). The zero-order valence-corrected chi connectivity index (χ0v) is 10.8. The van der Waals surface area contributed by atoms with Gasteiger partial charge in [0.1, 0.15) is 0 Å². The smallest absolute Gasteiger partial charge is 0.313 e. The summed E-state index contributed by atoms with van der Waals surface area (Å²) in [7, 11) is 1.47. The Kier molecular flexibility index (Phi) is 3.51. The molecule has 0 N–H and O–H groups in total. The molecule has 1 atom stereocenters. The van der Waals surface area contributed by atoms with Gasteiger partial charge in [0, 0.05) is 0 Å². The minimum atomic E-state index is -0.0928. The molecule has 2 heteroatoms. The van der Waals surface area contributed by atoms with Crippen molar-refractivity contribution in [3.8, 4) is 0 Å². The van der Waals surface area contributed by atoms with Gasteiger partial charge in [0.2, 0.25) is 0 Å². The van der Waals surface area contributed by atoms with E-state index >= 15 is 0 Å². The highest BCUT2D eigenvalue weighted by atomic mass is 16.5. The van der Waals surface area contributed by atoms with Crippen LogP contribution >= 0.6 is 0 Å². The zero-order valence-electron chi connectivity index (χ0n) is 10.8. The topological polar surface area (TPSA) is 26.3 Å². The maximum atomic E-state index is 11.8. The third-order valence-electron chi connectivity index (χ3n) is 3.51. The summed E-state index contributed by atoms with van der Waals surface area (Å²) < 4.78 is 4.91. The van der Waals surface area contributed by atoms with Crippen LogP contribution in [0.1, 0.15) is 49.7 Å². The fourth-order valence-corrected chi connectivity index (χ4v) is 2.25. The molecule has 0 aliphatic heterocycles. The van der Waals surface area contributed by atoms with Crippen molar-refractivity contribution in [3.63, 3.8) is 0 Å². The minimum Gasteiger partial charge on any atom is -0.469 e. The molecule has 0 heterocycles. The molecule has 17 heavy (non-hydrogen) atoms. The van der Waals surface area contributed by atoms with E-state index < -0.39 is 0 Å². The molecule has 1 aliphatic rings. The Morgan fingerprint density at radius 2 is 1.71 bits per heavy atom. The third-order valence-corrected chi connectivity index (χ3v) is 3.51. The van der Waals surface area contributed by atoms with E-state index in [2.05, 4.69) is 38.1 Å². The van der Waals surface area contributed by atoms with Gasteiger partial charge < -0.3 is 4.74 Å². The van der Waals surface area contributed by atoms with E-state index in [1.807, 2.05) is 0 Å². The number of esters is 1. The van der Waals surface area contributed by atoms with Crippen LogP contribution in [0.15, 0.2) is 24.3 Å². The maximum Gasteiger partial charge on any atom is 0.313 e. The van der Waals surface area contributed by atoms with Crippen LogP contribution < -0.4 is 0 Å². The van der Waals surface area contributed by atoms with Crippen LogP contribution in [0.4, 0.5) is 0 Å². The molecule has 0 amide bonds. The van der Waals surface area contributed by atoms with Crippen LogP contribution in [0, 0.1) is 5.92 Å². The SMILES string of the molecule is COC(=O)C(c1ccc(C(C)C)cc1)C1CC1. The lowest BCUT2D eigenvalue weighted by atomic mass is 9.92. The summed E-state index contributed by atoms with van der Waals surface area (Å²) in [5.74, 6) is 0.875. The first-order valence-electron chi connectivity index (χ1n) is 6.31. The van der Waals surface area contributed by atoms with Gasteiger partial charge >= 0.3 is 5.97 Å². The number of rotatable bonds is 4. The fourth-order valence-electron chi connectivity index (χ4n) is 2.25. The van der Waals surface area contributed by atoms with Crippen LogP contribution in [-0.2, 0) is 9.53 Å². The van der Waals surface area contributed by atoms with Gasteiger partial charge in [-0.1, -0.05) is 38.1 Å². The summed E-state index contributed by atoms with van der Waals surface area (Å²) >= 11 is 0. The first kappa shape index (κ1) is 12.2. The van der Waals surface area contributed by atoms with Gasteiger partial charge in [-0.15, -0.1) is 0 Å². The van der Waals surface area contributed by atoms with E-state index in [-0.39, 0.29) is 11.9 Å².